The molecular formula is C49H80N8O13. The fourth-order valence-electron chi connectivity index (χ4n) is 11.1. The van der Waals surface area contributed by atoms with Crippen LogP contribution in [0.5, 0.6) is 0 Å². The Kier molecular flexibility index (Phi) is 18.0. The van der Waals surface area contributed by atoms with Crippen molar-refractivity contribution in [3.05, 3.63) is 56.8 Å². The number of fused-ring (bicyclic) bond motifs is 4. The van der Waals surface area contributed by atoms with Gasteiger partial charge in [-0.2, -0.15) is 0 Å². The molecule has 3 N–H and O–H groups in total. The molecule has 0 aliphatic carbocycles. The van der Waals surface area contributed by atoms with E-state index >= 15 is 0 Å². The van der Waals surface area contributed by atoms with Crippen molar-refractivity contribution in [1.29, 1.82) is 0 Å². The van der Waals surface area contributed by atoms with Crippen molar-refractivity contribution in [3.63, 3.8) is 0 Å². The van der Waals surface area contributed by atoms with E-state index in [0.29, 0.717) is 45.1 Å². The smallest absolute Gasteiger partial charge is 0.251 e. The highest BCUT2D eigenvalue weighted by atomic mass is 16.8. The molecule has 70 heavy (non-hydrogen) atoms. The molecule has 0 aromatic heterocycles. The Morgan fingerprint density at radius 2 is 0.943 bits per heavy atom. The summed E-state index contributed by atoms with van der Waals surface area (Å²) in [7, 11) is 0. The maximum atomic E-state index is 12.3. The van der Waals surface area contributed by atoms with Crippen LogP contribution in [0.3, 0.4) is 0 Å². The Hall–Kier alpha value is -3.21. The fraction of sp³-hybridized carbons (Fsp3) is 0.857. The molecule has 1 aromatic rings. The van der Waals surface area contributed by atoms with Gasteiger partial charge in [-0.05, 0) is 104 Å². The van der Waals surface area contributed by atoms with E-state index in [-0.39, 0.29) is 67.8 Å². The molecule has 0 radical (unpaired) electrons. The van der Waals surface area contributed by atoms with Crippen LogP contribution in [0.15, 0.2) is 40.6 Å². The number of azide groups is 2. The van der Waals surface area contributed by atoms with Crippen LogP contribution < -0.4 is 11.1 Å². The summed E-state index contributed by atoms with van der Waals surface area (Å²) in [6, 6.07) is 9.19. The van der Waals surface area contributed by atoms with Crippen LogP contribution in [0.4, 0.5) is 0 Å². The Bertz CT molecular complexity index is 2010. The van der Waals surface area contributed by atoms with Crippen molar-refractivity contribution in [1.82, 2.24) is 5.32 Å². The van der Waals surface area contributed by atoms with Gasteiger partial charge >= 0.3 is 0 Å². The molecule has 8 heterocycles. The first-order chi connectivity index (χ1) is 33.0. The van der Waals surface area contributed by atoms with E-state index in [0.717, 1.165) is 38.5 Å². The summed E-state index contributed by atoms with van der Waals surface area (Å²) in [5, 5.41) is 10.2. The number of carbonyl (C=O) groups is 1. The van der Waals surface area contributed by atoms with Crippen molar-refractivity contribution < 1.29 is 61.6 Å². The molecule has 21 nitrogen and oxygen atoms in total. The number of benzene rings is 1. The van der Waals surface area contributed by atoms with Gasteiger partial charge < -0.3 is 67.9 Å². The molecule has 8 saturated heterocycles. The second-order valence-electron chi connectivity index (χ2n) is 21.2. The average molecular weight is 989 g/mol. The van der Waals surface area contributed by atoms with Crippen LogP contribution in [-0.2, 0) is 56.8 Å². The molecule has 394 valence electrons. The number of hydrogen-bond acceptors (Lipinski definition) is 16. The van der Waals surface area contributed by atoms with E-state index in [1.807, 2.05) is 80.5 Å². The van der Waals surface area contributed by atoms with Crippen LogP contribution in [0.25, 0.3) is 20.9 Å². The normalized spacial score (nSPS) is 38.2. The van der Waals surface area contributed by atoms with Crippen molar-refractivity contribution in [2.24, 2.45) is 16.0 Å². The van der Waals surface area contributed by atoms with Gasteiger partial charge in [0.05, 0.1) is 70.5 Å². The van der Waals surface area contributed by atoms with Gasteiger partial charge in [-0.3, -0.25) is 4.79 Å². The highest BCUT2D eigenvalue weighted by Crippen LogP contribution is 2.47. The van der Waals surface area contributed by atoms with E-state index < -0.39 is 45.6 Å². The predicted molar refractivity (Wildman–Crippen MR) is 256 cm³/mol. The second kappa shape index (κ2) is 22.5. The number of nitrogens with zero attached hydrogens (tertiary/aromatic N) is 6. The molecule has 8 aliphatic rings. The predicted octanol–water partition coefficient (Wildman–Crippen LogP) is 7.53. The number of amides is 1. The lowest BCUT2D eigenvalue weighted by molar-refractivity contribution is -0.189. The Labute approximate surface area is 413 Å². The lowest BCUT2D eigenvalue weighted by Gasteiger charge is -2.27. The minimum atomic E-state index is -0.655. The van der Waals surface area contributed by atoms with Gasteiger partial charge in [0.1, 0.15) is 46.8 Å². The molecule has 1 amide bonds. The lowest BCUT2D eigenvalue weighted by atomic mass is 9.94. The molecule has 21 heteroatoms. The van der Waals surface area contributed by atoms with Crippen LogP contribution in [0.1, 0.15) is 132 Å². The van der Waals surface area contributed by atoms with Crippen LogP contribution >= 0.6 is 0 Å². The monoisotopic (exact) mass is 989 g/mol. The number of nitrogens with two attached hydrogens (primary N) is 1. The molecule has 1 aromatic carbocycles. The van der Waals surface area contributed by atoms with Gasteiger partial charge in [0, 0.05) is 21.9 Å². The minimum absolute atomic E-state index is 0.00694. The van der Waals surface area contributed by atoms with Gasteiger partial charge in [0.15, 0.2) is 23.1 Å². The van der Waals surface area contributed by atoms with Gasteiger partial charge in [-0.25, -0.2) is 0 Å². The van der Waals surface area contributed by atoms with Crippen molar-refractivity contribution >= 4 is 5.91 Å². The molecule has 0 spiro atoms. The molecular weight excluding hydrogens is 909 g/mol. The van der Waals surface area contributed by atoms with E-state index in [2.05, 4.69) is 46.1 Å². The Balaban J connectivity index is 0.000000156. The SMILES string of the molecule is CCC[C@H]1OC[C@]2(CN=[N+]=[N-])OC(C)(C)O[C@H]12.CCC[C@H]1OC[C@]2(CNC(=O)c3ccccc3)OC(C)(C)O[C@H]12.CC[C@H]1OC[C@]2(CN)OC(C)(C)O[C@H]12.CC[C@H]1OC[C@]2(CN=[N+]=[N-])OC(C)(C)O[C@H]12. The maximum absolute atomic E-state index is 12.3. The lowest BCUT2D eigenvalue weighted by Crippen LogP contribution is -2.51. The number of carbonyl (C=O) groups excluding carboxylic acids is 1. The first kappa shape index (κ1) is 56.1. The molecule has 0 saturated carbocycles. The molecule has 0 unspecified atom stereocenters. The summed E-state index contributed by atoms with van der Waals surface area (Å²) in [5.41, 5.74) is 21.1. The Morgan fingerprint density at radius 3 is 1.36 bits per heavy atom. The zero-order valence-corrected chi connectivity index (χ0v) is 43.5. The summed E-state index contributed by atoms with van der Waals surface area (Å²) >= 11 is 0. The zero-order valence-electron chi connectivity index (χ0n) is 43.5. The first-order valence-electron chi connectivity index (χ1n) is 25.1. The topological polar surface area (TPSA) is 263 Å². The van der Waals surface area contributed by atoms with E-state index in [4.69, 9.17) is 73.6 Å². The third kappa shape index (κ3) is 12.4. The van der Waals surface area contributed by atoms with Gasteiger partial charge in [-0.15, -0.1) is 0 Å². The number of rotatable bonds is 14. The van der Waals surface area contributed by atoms with E-state index in [9.17, 15) is 4.79 Å². The summed E-state index contributed by atoms with van der Waals surface area (Å²) in [6.07, 6.45) is 5.50. The first-order valence-corrected chi connectivity index (χ1v) is 25.1. The quantitative estimate of drug-likeness (QED) is 0.104. The molecule has 0 bridgehead atoms. The highest BCUT2D eigenvalue weighted by Gasteiger charge is 2.63. The summed E-state index contributed by atoms with van der Waals surface area (Å²) in [6.45, 7) is 26.8. The van der Waals surface area contributed by atoms with Crippen LogP contribution in [0.2, 0.25) is 0 Å². The second-order valence-corrected chi connectivity index (χ2v) is 21.2. The van der Waals surface area contributed by atoms with E-state index in [1.54, 1.807) is 12.1 Å². The molecule has 12 atom stereocenters. The highest BCUT2D eigenvalue weighted by molar-refractivity contribution is 5.94. The van der Waals surface area contributed by atoms with Crippen LogP contribution in [0, 0.1) is 0 Å². The maximum Gasteiger partial charge on any atom is 0.251 e. The van der Waals surface area contributed by atoms with Gasteiger partial charge in [-0.1, -0.05) is 69.0 Å². The Morgan fingerprint density at radius 1 is 0.586 bits per heavy atom. The molecule has 8 aliphatic heterocycles. The standard InChI is InChI=1S/C18H25NO4.C11H19N3O3.C10H17N3O3.C10H19NO3/c1-4-8-14-15-18(12-21-14,23-17(2,3)22-15)11-19-16(20)13-9-6-5-7-10-13;1-4-5-8-9-11(7-15-8,6-13-14-12)17-10(2,3)16-9;1-4-7-8-10(6-14-7,5-12-13-11)16-9(2,3)15-8;1-4-7-8-10(5-11,6-12-7)14-9(2,3)13-8/h5-7,9-10,14-15H,4,8,11-12H2,1-3H3,(H,19,20);8-9H,4-7H2,1-3H3;7-8H,4-6H2,1-3H3;7-8H,4-6,11H2,1-3H3/t14-,15-,18+;8-,9-,11+;2*7-,8-,10+/m1111/s1. The van der Waals surface area contributed by atoms with E-state index in [1.165, 1.54) is 0 Å². The summed E-state index contributed by atoms with van der Waals surface area (Å²) in [5.74, 6) is -2.55. The van der Waals surface area contributed by atoms with Gasteiger partial charge in [0.25, 0.3) is 5.91 Å². The average Bonchev–Trinajstić information content (AvgIpc) is 4.18. The summed E-state index contributed by atoms with van der Waals surface area (Å²) in [4.78, 5) is 17.9. The van der Waals surface area contributed by atoms with Crippen molar-refractivity contribution in [2.75, 3.05) is 52.6 Å². The van der Waals surface area contributed by atoms with Crippen molar-refractivity contribution in [3.8, 4) is 0 Å². The number of ether oxygens (including phenoxy) is 12. The zero-order chi connectivity index (χ0) is 51.2. The molecule has 9 rings (SSSR count). The van der Waals surface area contributed by atoms with Gasteiger partial charge in [0.2, 0.25) is 0 Å². The summed E-state index contributed by atoms with van der Waals surface area (Å²) < 4.78 is 70.4. The molecule has 8 fully saturated rings. The third-order valence-corrected chi connectivity index (χ3v) is 13.7. The fourth-order valence-corrected chi connectivity index (χ4v) is 11.1. The largest absolute Gasteiger partial charge is 0.372 e. The number of hydrogen-bond donors (Lipinski definition) is 2. The van der Waals surface area contributed by atoms with Crippen LogP contribution in [-0.4, -0.2) is 153 Å². The minimum Gasteiger partial charge on any atom is -0.372 e. The number of nitrogens with one attached hydrogen (secondary N) is 1. The van der Waals surface area contributed by atoms with Crippen molar-refractivity contribution in [2.45, 2.75) is 216 Å². The third-order valence-electron chi connectivity index (χ3n) is 13.7.